The molecule has 5 rings (SSSR count). The summed E-state index contributed by atoms with van der Waals surface area (Å²) >= 11 is 1.52. The molecule has 4 aromatic rings. The number of aromatic nitrogens is 3. The molecule has 1 atom stereocenters. The third-order valence-corrected chi connectivity index (χ3v) is 6.36. The highest BCUT2D eigenvalue weighted by Crippen LogP contribution is 2.24. The van der Waals surface area contributed by atoms with Crippen LogP contribution in [-0.4, -0.2) is 44.9 Å². The number of likely N-dealkylation sites (tertiary alicyclic amines) is 1. The number of piperidine rings is 1. The van der Waals surface area contributed by atoms with Gasteiger partial charge in [0.15, 0.2) is 11.6 Å². The van der Waals surface area contributed by atoms with Crippen LogP contribution < -0.4 is 5.32 Å². The van der Waals surface area contributed by atoms with Crippen LogP contribution in [0.15, 0.2) is 42.0 Å². The van der Waals surface area contributed by atoms with Gasteiger partial charge in [-0.15, -0.1) is 11.3 Å². The number of amides is 1. The molecule has 0 saturated carbocycles. The van der Waals surface area contributed by atoms with Crippen LogP contribution in [-0.2, 0) is 0 Å². The zero-order valence-electron chi connectivity index (χ0n) is 16.5. The highest BCUT2D eigenvalue weighted by Gasteiger charge is 2.27. The maximum Gasteiger partial charge on any atom is 0.254 e. The molecule has 1 N–H and O–H groups in total. The van der Waals surface area contributed by atoms with Crippen molar-refractivity contribution in [2.75, 3.05) is 18.4 Å². The second kappa shape index (κ2) is 8.14. The molecule has 0 spiro atoms. The largest absolute Gasteiger partial charge is 0.367 e. The zero-order chi connectivity index (χ0) is 21.4. The molecule has 0 aliphatic carbocycles. The second-order valence-electron chi connectivity index (χ2n) is 7.57. The monoisotopic (exact) mass is 439 g/mol. The van der Waals surface area contributed by atoms with Gasteiger partial charge in [-0.05, 0) is 37.5 Å². The molecule has 31 heavy (non-hydrogen) atoms. The van der Waals surface area contributed by atoms with E-state index in [-0.39, 0.29) is 23.0 Å². The quantitative estimate of drug-likeness (QED) is 0.502. The van der Waals surface area contributed by atoms with Crippen LogP contribution in [0.2, 0.25) is 0 Å². The number of nitrogens with one attached hydrogen (secondary N) is 1. The standard InChI is InChI=1S/C22H19F2N5OS/c23-15-8-18-19(9-16(15)24)28-21(11-25-18)26-10-14-3-1-2-6-29(14)22(30)13-4-5-17-20(7-13)31-12-27-17/h4-5,7-9,11-12,14H,1-3,6,10H2,(H,26,28). The van der Waals surface area contributed by atoms with Crippen LogP contribution in [0.4, 0.5) is 14.6 Å². The predicted octanol–water partition coefficient (Wildman–Crippen LogP) is 4.62. The number of anilines is 1. The maximum atomic E-state index is 13.5. The Morgan fingerprint density at radius 3 is 2.81 bits per heavy atom. The van der Waals surface area contributed by atoms with Gasteiger partial charge >= 0.3 is 0 Å². The van der Waals surface area contributed by atoms with Crippen molar-refractivity contribution in [3.63, 3.8) is 0 Å². The van der Waals surface area contributed by atoms with Crippen LogP contribution >= 0.6 is 11.3 Å². The van der Waals surface area contributed by atoms with Crippen LogP contribution in [0, 0.1) is 11.6 Å². The van der Waals surface area contributed by atoms with Gasteiger partial charge in [-0.25, -0.2) is 18.7 Å². The third kappa shape index (κ3) is 3.93. The van der Waals surface area contributed by atoms with E-state index in [0.29, 0.717) is 24.5 Å². The highest BCUT2D eigenvalue weighted by molar-refractivity contribution is 7.16. The molecule has 6 nitrogen and oxygen atoms in total. The first-order chi connectivity index (χ1) is 15.1. The minimum Gasteiger partial charge on any atom is -0.367 e. The van der Waals surface area contributed by atoms with Gasteiger partial charge in [-0.3, -0.25) is 9.78 Å². The number of rotatable bonds is 4. The van der Waals surface area contributed by atoms with Gasteiger partial charge in [-0.1, -0.05) is 0 Å². The minimum atomic E-state index is -0.957. The van der Waals surface area contributed by atoms with Crippen molar-refractivity contribution in [1.82, 2.24) is 19.9 Å². The lowest BCUT2D eigenvalue weighted by Crippen LogP contribution is -2.47. The smallest absolute Gasteiger partial charge is 0.254 e. The van der Waals surface area contributed by atoms with E-state index in [9.17, 15) is 13.6 Å². The number of benzene rings is 2. The molecular weight excluding hydrogens is 420 g/mol. The topological polar surface area (TPSA) is 71.0 Å². The summed E-state index contributed by atoms with van der Waals surface area (Å²) in [6, 6.07) is 7.67. The molecule has 2 aromatic carbocycles. The summed E-state index contributed by atoms with van der Waals surface area (Å²) in [5.41, 5.74) is 3.89. The van der Waals surface area contributed by atoms with E-state index < -0.39 is 11.6 Å². The lowest BCUT2D eigenvalue weighted by atomic mass is 10.0. The SMILES string of the molecule is O=C(c1ccc2ncsc2c1)N1CCCCC1CNc1cnc2cc(F)c(F)cc2n1. The van der Waals surface area contributed by atoms with Crippen LogP contribution in [0.1, 0.15) is 29.6 Å². The molecule has 1 saturated heterocycles. The Morgan fingerprint density at radius 2 is 1.94 bits per heavy atom. The Balaban J connectivity index is 1.33. The number of hydrogen-bond acceptors (Lipinski definition) is 6. The van der Waals surface area contributed by atoms with E-state index in [4.69, 9.17) is 0 Å². The number of carbonyl (C=O) groups excluding carboxylic acids is 1. The van der Waals surface area contributed by atoms with Crippen molar-refractivity contribution in [3.05, 3.63) is 59.2 Å². The van der Waals surface area contributed by atoms with Crippen molar-refractivity contribution in [3.8, 4) is 0 Å². The van der Waals surface area contributed by atoms with Crippen molar-refractivity contribution >= 4 is 44.3 Å². The van der Waals surface area contributed by atoms with Crippen molar-refractivity contribution in [2.24, 2.45) is 0 Å². The fourth-order valence-electron chi connectivity index (χ4n) is 3.95. The Kier molecular flexibility index (Phi) is 5.19. The van der Waals surface area contributed by atoms with E-state index in [1.807, 2.05) is 23.1 Å². The van der Waals surface area contributed by atoms with E-state index in [1.54, 1.807) is 5.51 Å². The first-order valence-corrected chi connectivity index (χ1v) is 11.0. The van der Waals surface area contributed by atoms with Gasteiger partial charge in [0, 0.05) is 36.8 Å². The first-order valence-electron chi connectivity index (χ1n) is 10.1. The molecule has 0 bridgehead atoms. The summed E-state index contributed by atoms with van der Waals surface area (Å²) in [5.74, 6) is -1.44. The number of fused-ring (bicyclic) bond motifs is 2. The lowest BCUT2D eigenvalue weighted by Gasteiger charge is -2.36. The minimum absolute atomic E-state index is 0.000795. The van der Waals surface area contributed by atoms with Gasteiger partial charge in [0.25, 0.3) is 5.91 Å². The summed E-state index contributed by atoms with van der Waals surface area (Å²) in [6.45, 7) is 1.19. The van der Waals surface area contributed by atoms with E-state index in [2.05, 4.69) is 20.3 Å². The second-order valence-corrected chi connectivity index (χ2v) is 8.46. The van der Waals surface area contributed by atoms with Crippen molar-refractivity contribution < 1.29 is 13.6 Å². The average Bonchev–Trinajstić information content (AvgIpc) is 3.26. The van der Waals surface area contributed by atoms with Gasteiger partial charge < -0.3 is 10.2 Å². The highest BCUT2D eigenvalue weighted by atomic mass is 32.1. The third-order valence-electron chi connectivity index (χ3n) is 5.57. The molecule has 158 valence electrons. The summed E-state index contributed by atoms with van der Waals surface area (Å²) in [4.78, 5) is 27.9. The molecular formula is C22H19F2N5OS. The van der Waals surface area contributed by atoms with Gasteiger partial charge in [0.05, 0.1) is 33.0 Å². The Morgan fingerprint density at radius 1 is 1.10 bits per heavy atom. The maximum absolute atomic E-state index is 13.5. The molecule has 1 unspecified atom stereocenters. The first kappa shape index (κ1) is 19.7. The lowest BCUT2D eigenvalue weighted by molar-refractivity contribution is 0.0628. The normalized spacial score (nSPS) is 16.7. The molecule has 1 fully saturated rings. The van der Waals surface area contributed by atoms with Crippen molar-refractivity contribution in [2.45, 2.75) is 25.3 Å². The van der Waals surface area contributed by atoms with Crippen molar-refractivity contribution in [1.29, 1.82) is 0 Å². The summed E-state index contributed by atoms with van der Waals surface area (Å²) in [7, 11) is 0. The zero-order valence-corrected chi connectivity index (χ0v) is 17.3. The van der Waals surface area contributed by atoms with Crippen LogP contribution in [0.25, 0.3) is 21.3 Å². The molecule has 2 aromatic heterocycles. The Bertz CT molecular complexity index is 1280. The van der Waals surface area contributed by atoms with Gasteiger partial charge in [-0.2, -0.15) is 0 Å². The molecule has 1 amide bonds. The van der Waals surface area contributed by atoms with Gasteiger partial charge in [0.1, 0.15) is 5.82 Å². The molecule has 1 aliphatic rings. The summed E-state index contributed by atoms with van der Waals surface area (Å²) < 4.78 is 27.9. The molecule has 1 aliphatic heterocycles. The van der Waals surface area contributed by atoms with E-state index >= 15 is 0 Å². The summed E-state index contributed by atoms with van der Waals surface area (Å²) in [5, 5.41) is 3.21. The molecule has 3 heterocycles. The predicted molar refractivity (Wildman–Crippen MR) is 116 cm³/mol. The number of halogens is 2. The van der Waals surface area contributed by atoms with Gasteiger partial charge in [0.2, 0.25) is 0 Å². The Labute approximate surface area is 181 Å². The average molecular weight is 439 g/mol. The Hall–Kier alpha value is -3.20. The molecule has 9 heteroatoms. The fourth-order valence-corrected chi connectivity index (χ4v) is 4.67. The number of thiazole rings is 1. The van der Waals surface area contributed by atoms with Crippen LogP contribution in [0.3, 0.4) is 0 Å². The fraction of sp³-hybridized carbons (Fsp3) is 0.273. The number of nitrogens with zero attached hydrogens (tertiary/aromatic N) is 4. The number of carbonyl (C=O) groups is 1. The summed E-state index contributed by atoms with van der Waals surface area (Å²) in [6.07, 6.45) is 4.37. The van der Waals surface area contributed by atoms with Crippen LogP contribution in [0.5, 0.6) is 0 Å². The molecule has 0 radical (unpaired) electrons. The number of hydrogen-bond donors (Lipinski definition) is 1. The van der Waals surface area contributed by atoms with E-state index in [0.717, 1.165) is 41.6 Å². The van der Waals surface area contributed by atoms with E-state index in [1.165, 1.54) is 17.5 Å².